The molecule has 1 aromatic carbocycles. The number of likely N-dealkylation sites (N-methyl/N-ethyl adjacent to an activating group) is 1. The van der Waals surface area contributed by atoms with Crippen LogP contribution in [-0.4, -0.2) is 59.2 Å². The Morgan fingerprint density at radius 2 is 1.76 bits per heavy atom. The first kappa shape index (κ1) is 20.4. The van der Waals surface area contributed by atoms with Gasteiger partial charge in [-0.2, -0.15) is 0 Å². The summed E-state index contributed by atoms with van der Waals surface area (Å²) in [6.45, 7) is -0.500. The molecule has 2 aromatic rings. The van der Waals surface area contributed by atoms with Crippen LogP contribution in [0, 0.1) is 0 Å². The minimum atomic E-state index is -0.250. The molecule has 0 amide bonds. The van der Waals surface area contributed by atoms with Gasteiger partial charge in [-0.15, -0.1) is 0 Å². The quantitative estimate of drug-likeness (QED) is 0.733. The molecule has 1 saturated carbocycles. The van der Waals surface area contributed by atoms with E-state index in [4.69, 9.17) is 19.8 Å². The van der Waals surface area contributed by atoms with Crippen LogP contribution in [-0.2, 0) is 9.59 Å². The molecule has 0 radical (unpaired) electrons. The average Bonchev–Trinajstić information content (AvgIpc) is 3.05. The van der Waals surface area contributed by atoms with Gasteiger partial charge in [0.1, 0.15) is 5.82 Å². The molecule has 0 aliphatic heterocycles. The zero-order valence-electron chi connectivity index (χ0n) is 14.5. The van der Waals surface area contributed by atoms with Gasteiger partial charge in [-0.3, -0.25) is 9.59 Å². The highest BCUT2D eigenvalue weighted by Gasteiger charge is 2.29. The summed E-state index contributed by atoms with van der Waals surface area (Å²) >= 11 is 0. The van der Waals surface area contributed by atoms with E-state index in [-0.39, 0.29) is 12.9 Å². The van der Waals surface area contributed by atoms with Crippen molar-refractivity contribution in [1.82, 2.24) is 9.88 Å². The Kier molecular flexibility index (Phi) is 8.95. The van der Waals surface area contributed by atoms with Crippen LogP contribution in [0.2, 0.25) is 0 Å². The number of nitrogens with one attached hydrogen (secondary N) is 1. The van der Waals surface area contributed by atoms with Gasteiger partial charge in [-0.05, 0) is 44.8 Å². The first-order chi connectivity index (χ1) is 12.1. The van der Waals surface area contributed by atoms with E-state index in [1.54, 1.807) is 0 Å². The van der Waals surface area contributed by atoms with Gasteiger partial charge in [0.15, 0.2) is 0 Å². The molecular formula is C18H25N3O4. The third-order valence-electron chi connectivity index (χ3n) is 4.14. The number of hydrogen-bond acceptors (Lipinski definition) is 5. The largest absolute Gasteiger partial charge is 0.483 e. The van der Waals surface area contributed by atoms with Crippen LogP contribution in [0.5, 0.6) is 0 Å². The second-order valence-electron chi connectivity index (χ2n) is 5.80. The van der Waals surface area contributed by atoms with Gasteiger partial charge in [0, 0.05) is 23.7 Å². The SMILES string of the molecule is CN(C)[C@@H]1CCC[C@H]1Nc1nccc2ccccc12.O=CO.O=CO. The smallest absolute Gasteiger partial charge is 0.290 e. The van der Waals surface area contributed by atoms with Gasteiger partial charge in [0.25, 0.3) is 12.9 Å². The normalized spacial score (nSPS) is 18.5. The van der Waals surface area contributed by atoms with Gasteiger partial charge < -0.3 is 20.4 Å². The molecule has 0 spiro atoms. The molecule has 0 unspecified atom stereocenters. The van der Waals surface area contributed by atoms with Gasteiger partial charge in [0.05, 0.1) is 0 Å². The standard InChI is InChI=1S/C16H21N3.2CH2O2/c1-19(2)15-9-5-8-14(15)18-16-13-7-4-3-6-12(13)10-11-17-16;2*2-1-3/h3-4,6-7,10-11,14-15H,5,8-9H2,1-2H3,(H,17,18);2*1H,(H,2,3)/t14-,15-;;/m1../s1. The summed E-state index contributed by atoms with van der Waals surface area (Å²) in [5.41, 5.74) is 0. The molecule has 0 bridgehead atoms. The minimum Gasteiger partial charge on any atom is -0.483 e. The summed E-state index contributed by atoms with van der Waals surface area (Å²) < 4.78 is 0. The number of nitrogens with zero attached hydrogens (tertiary/aromatic N) is 2. The van der Waals surface area contributed by atoms with Crippen molar-refractivity contribution in [2.45, 2.75) is 31.3 Å². The Balaban J connectivity index is 0.000000460. The zero-order chi connectivity index (χ0) is 18.7. The van der Waals surface area contributed by atoms with Crippen molar-refractivity contribution in [2.24, 2.45) is 0 Å². The Labute approximate surface area is 147 Å². The van der Waals surface area contributed by atoms with E-state index in [1.165, 1.54) is 30.0 Å². The van der Waals surface area contributed by atoms with Crippen LogP contribution >= 0.6 is 0 Å². The van der Waals surface area contributed by atoms with Crippen LogP contribution in [0.4, 0.5) is 5.82 Å². The molecular weight excluding hydrogens is 322 g/mol. The van der Waals surface area contributed by atoms with E-state index in [2.05, 4.69) is 59.6 Å². The van der Waals surface area contributed by atoms with E-state index < -0.39 is 0 Å². The molecule has 7 heteroatoms. The summed E-state index contributed by atoms with van der Waals surface area (Å²) in [6.07, 6.45) is 5.69. The van der Waals surface area contributed by atoms with E-state index in [0.717, 1.165) is 5.82 Å². The number of carboxylic acid groups (broad SMARTS) is 2. The fraction of sp³-hybridized carbons (Fsp3) is 0.389. The highest BCUT2D eigenvalue weighted by Crippen LogP contribution is 2.28. The van der Waals surface area contributed by atoms with E-state index >= 15 is 0 Å². The maximum Gasteiger partial charge on any atom is 0.290 e. The van der Waals surface area contributed by atoms with Crippen molar-refractivity contribution in [2.75, 3.05) is 19.4 Å². The summed E-state index contributed by atoms with van der Waals surface area (Å²) in [4.78, 5) is 23.6. The van der Waals surface area contributed by atoms with Crippen LogP contribution < -0.4 is 5.32 Å². The third kappa shape index (κ3) is 6.04. The molecule has 1 fully saturated rings. The first-order valence-electron chi connectivity index (χ1n) is 8.01. The summed E-state index contributed by atoms with van der Waals surface area (Å²) in [6, 6.07) is 11.6. The predicted molar refractivity (Wildman–Crippen MR) is 97.9 cm³/mol. The van der Waals surface area contributed by atoms with E-state index in [1.807, 2.05) is 6.20 Å². The zero-order valence-corrected chi connectivity index (χ0v) is 14.5. The molecule has 1 aliphatic carbocycles. The lowest BCUT2D eigenvalue weighted by atomic mass is 10.1. The minimum absolute atomic E-state index is 0.250. The molecule has 0 saturated heterocycles. The number of rotatable bonds is 3. The number of pyridine rings is 1. The lowest BCUT2D eigenvalue weighted by molar-refractivity contribution is -0.123. The van der Waals surface area contributed by atoms with Crippen LogP contribution in [0.25, 0.3) is 10.8 Å². The van der Waals surface area contributed by atoms with E-state index in [0.29, 0.717) is 12.1 Å². The Hall–Kier alpha value is -2.67. The molecule has 2 atom stereocenters. The Morgan fingerprint density at radius 1 is 1.12 bits per heavy atom. The maximum atomic E-state index is 8.36. The maximum absolute atomic E-state index is 8.36. The topological polar surface area (TPSA) is 103 Å². The molecule has 7 nitrogen and oxygen atoms in total. The van der Waals surface area contributed by atoms with Crippen LogP contribution in [0.15, 0.2) is 36.5 Å². The lowest BCUT2D eigenvalue weighted by Gasteiger charge is -2.27. The molecule has 136 valence electrons. The summed E-state index contributed by atoms with van der Waals surface area (Å²) in [5, 5.41) is 19.9. The lowest BCUT2D eigenvalue weighted by Crippen LogP contribution is -2.39. The summed E-state index contributed by atoms with van der Waals surface area (Å²) in [5.74, 6) is 1.02. The van der Waals surface area contributed by atoms with Gasteiger partial charge in [0.2, 0.25) is 0 Å². The average molecular weight is 347 g/mol. The second-order valence-corrected chi connectivity index (χ2v) is 5.80. The van der Waals surface area contributed by atoms with Crippen LogP contribution in [0.3, 0.4) is 0 Å². The molecule has 3 rings (SSSR count). The second kappa shape index (κ2) is 11.0. The summed E-state index contributed by atoms with van der Waals surface area (Å²) in [7, 11) is 4.34. The van der Waals surface area contributed by atoms with Gasteiger partial charge >= 0.3 is 0 Å². The number of hydrogen-bond donors (Lipinski definition) is 3. The monoisotopic (exact) mass is 347 g/mol. The van der Waals surface area contributed by atoms with Gasteiger partial charge in [-0.25, -0.2) is 4.98 Å². The number of fused-ring (bicyclic) bond motifs is 1. The van der Waals surface area contributed by atoms with Crippen LogP contribution in [0.1, 0.15) is 19.3 Å². The Bertz CT molecular complexity index is 652. The first-order valence-corrected chi connectivity index (χ1v) is 8.01. The Morgan fingerprint density at radius 3 is 2.40 bits per heavy atom. The molecule has 1 aromatic heterocycles. The van der Waals surface area contributed by atoms with Crippen molar-refractivity contribution in [3.63, 3.8) is 0 Å². The number of carbonyl (C=O) groups is 2. The highest BCUT2D eigenvalue weighted by atomic mass is 16.3. The highest BCUT2D eigenvalue weighted by molar-refractivity contribution is 5.91. The molecule has 25 heavy (non-hydrogen) atoms. The molecule has 1 heterocycles. The van der Waals surface area contributed by atoms with Crippen molar-refractivity contribution in [1.29, 1.82) is 0 Å². The number of anilines is 1. The fourth-order valence-corrected chi connectivity index (χ4v) is 3.14. The van der Waals surface area contributed by atoms with Crippen molar-refractivity contribution < 1.29 is 19.8 Å². The van der Waals surface area contributed by atoms with E-state index in [9.17, 15) is 0 Å². The molecule has 3 N–H and O–H groups in total. The predicted octanol–water partition coefficient (Wildman–Crippen LogP) is 2.53. The third-order valence-corrected chi connectivity index (χ3v) is 4.14. The number of benzene rings is 1. The van der Waals surface area contributed by atoms with Crippen molar-refractivity contribution in [3.05, 3.63) is 36.5 Å². The molecule has 1 aliphatic rings. The fourth-order valence-electron chi connectivity index (χ4n) is 3.14. The van der Waals surface area contributed by atoms with Crippen molar-refractivity contribution in [3.8, 4) is 0 Å². The van der Waals surface area contributed by atoms with Gasteiger partial charge in [-0.1, -0.05) is 24.3 Å². The number of aromatic nitrogens is 1. The van der Waals surface area contributed by atoms with Crippen molar-refractivity contribution >= 4 is 29.5 Å².